The molecule has 1 heterocycles. The minimum atomic E-state index is -4.55. The van der Waals surface area contributed by atoms with Crippen LogP contribution in [0.2, 0.25) is 0 Å². The van der Waals surface area contributed by atoms with Gasteiger partial charge in [0.25, 0.3) is 0 Å². The zero-order valence-corrected chi connectivity index (χ0v) is 12.6. The highest BCUT2D eigenvalue weighted by Gasteiger charge is 2.40. The maximum absolute atomic E-state index is 13.3. The minimum absolute atomic E-state index is 0.0706. The van der Waals surface area contributed by atoms with Crippen molar-refractivity contribution in [1.29, 1.82) is 0 Å². The van der Waals surface area contributed by atoms with Crippen LogP contribution >= 0.6 is 0 Å². The van der Waals surface area contributed by atoms with E-state index in [-0.39, 0.29) is 24.2 Å². The lowest BCUT2D eigenvalue weighted by atomic mass is 10.1. The molecule has 1 aliphatic heterocycles. The predicted molar refractivity (Wildman–Crippen MR) is 75.8 cm³/mol. The summed E-state index contributed by atoms with van der Waals surface area (Å²) in [5.74, 6) is -3.61. The molecule has 0 bridgehead atoms. The van der Waals surface area contributed by atoms with Gasteiger partial charge in [0, 0.05) is 18.5 Å². The molecule has 1 fully saturated rings. The molecule has 1 aromatic carbocycles. The lowest BCUT2D eigenvalue weighted by molar-refractivity contribution is -0.157. The van der Waals surface area contributed by atoms with Gasteiger partial charge in [-0.3, -0.25) is 14.4 Å². The summed E-state index contributed by atoms with van der Waals surface area (Å²) in [5, 5.41) is 2.32. The van der Waals surface area contributed by atoms with E-state index in [0.29, 0.717) is 4.90 Å². The molecule has 1 N–H and O–H groups in total. The molecule has 9 heteroatoms. The summed E-state index contributed by atoms with van der Waals surface area (Å²) in [6, 6.07) is 3.19. The third kappa shape index (κ3) is 4.30. The summed E-state index contributed by atoms with van der Waals surface area (Å²) in [7, 11) is 0. The van der Waals surface area contributed by atoms with Crippen LogP contribution in [-0.4, -0.2) is 41.8 Å². The van der Waals surface area contributed by atoms with Gasteiger partial charge in [0.1, 0.15) is 12.4 Å². The van der Waals surface area contributed by atoms with Crippen LogP contribution in [-0.2, 0) is 9.59 Å². The van der Waals surface area contributed by atoms with Crippen LogP contribution in [0.1, 0.15) is 23.7 Å². The Morgan fingerprint density at radius 2 is 2.00 bits per heavy atom. The largest absolute Gasteiger partial charge is 0.406 e. The fraction of sp³-hybridized carbons (Fsp3) is 0.400. The first-order valence-corrected chi connectivity index (χ1v) is 7.02. The number of halogens is 4. The highest BCUT2D eigenvalue weighted by atomic mass is 19.4. The molecule has 1 aliphatic rings. The predicted octanol–water partition coefficient (Wildman–Crippen LogP) is 2.38. The summed E-state index contributed by atoms with van der Waals surface area (Å²) < 4.78 is 50.4. The van der Waals surface area contributed by atoms with Crippen LogP contribution < -0.4 is 5.32 Å². The van der Waals surface area contributed by atoms with Crippen molar-refractivity contribution in [3.8, 4) is 0 Å². The van der Waals surface area contributed by atoms with Crippen LogP contribution in [0.3, 0.4) is 0 Å². The lowest BCUT2D eigenvalue weighted by Crippen LogP contribution is -2.36. The van der Waals surface area contributed by atoms with E-state index in [2.05, 4.69) is 5.32 Å². The fourth-order valence-electron chi connectivity index (χ4n) is 2.48. The third-order valence-corrected chi connectivity index (χ3v) is 3.57. The maximum Gasteiger partial charge on any atom is 0.406 e. The molecule has 24 heavy (non-hydrogen) atoms. The van der Waals surface area contributed by atoms with E-state index in [9.17, 15) is 31.9 Å². The number of carbonyl (C=O) groups excluding carboxylic acids is 3. The van der Waals surface area contributed by atoms with E-state index in [1.165, 1.54) is 13.0 Å². The average molecular weight is 346 g/mol. The number of ketones is 1. The van der Waals surface area contributed by atoms with Crippen LogP contribution in [0.15, 0.2) is 18.2 Å². The Balaban J connectivity index is 2.10. The van der Waals surface area contributed by atoms with Gasteiger partial charge in [-0.05, 0) is 25.1 Å². The fourth-order valence-corrected chi connectivity index (χ4v) is 2.48. The van der Waals surface area contributed by atoms with Gasteiger partial charge >= 0.3 is 6.18 Å². The van der Waals surface area contributed by atoms with Crippen molar-refractivity contribution in [2.75, 3.05) is 18.4 Å². The number of alkyl halides is 3. The summed E-state index contributed by atoms with van der Waals surface area (Å²) in [4.78, 5) is 35.8. The van der Waals surface area contributed by atoms with E-state index in [0.717, 1.165) is 12.1 Å². The zero-order chi connectivity index (χ0) is 18.1. The second-order valence-corrected chi connectivity index (χ2v) is 5.53. The molecule has 0 aromatic heterocycles. The van der Waals surface area contributed by atoms with Crippen LogP contribution in [0, 0.1) is 11.7 Å². The van der Waals surface area contributed by atoms with Gasteiger partial charge in [-0.2, -0.15) is 13.2 Å². The lowest BCUT2D eigenvalue weighted by Gasteiger charge is -2.18. The molecule has 130 valence electrons. The topological polar surface area (TPSA) is 66.5 Å². The molecule has 2 rings (SSSR count). The Morgan fingerprint density at radius 3 is 2.58 bits per heavy atom. The molecule has 0 radical (unpaired) electrons. The van der Waals surface area contributed by atoms with Crippen molar-refractivity contribution in [3.63, 3.8) is 0 Å². The highest BCUT2D eigenvalue weighted by Crippen LogP contribution is 2.26. The molecular weight excluding hydrogens is 332 g/mol. The molecule has 1 aromatic rings. The molecule has 0 spiro atoms. The Hall–Kier alpha value is -2.45. The minimum Gasteiger partial charge on any atom is -0.333 e. The molecule has 5 nitrogen and oxygen atoms in total. The van der Waals surface area contributed by atoms with Gasteiger partial charge in [-0.1, -0.05) is 0 Å². The number of Topliss-reactive ketones (excluding diaryl/α,β-unsaturated/α-hetero) is 1. The number of nitrogens with one attached hydrogen (secondary N) is 1. The van der Waals surface area contributed by atoms with Gasteiger partial charge < -0.3 is 10.2 Å². The van der Waals surface area contributed by atoms with Gasteiger partial charge in [-0.25, -0.2) is 4.39 Å². The number of anilines is 1. The standard InChI is InChI=1S/C15H14F4N2O3/c1-8(22)11-3-2-10(16)5-12(11)20-14(24)9-4-13(23)21(6-9)7-15(17,18)19/h2-3,5,9H,4,6-7H2,1H3,(H,20,24). The molecule has 1 atom stereocenters. The number of benzene rings is 1. The van der Waals surface area contributed by atoms with Crippen molar-refractivity contribution in [3.05, 3.63) is 29.6 Å². The summed E-state index contributed by atoms with van der Waals surface area (Å²) in [6.45, 7) is -0.573. The Morgan fingerprint density at radius 1 is 1.33 bits per heavy atom. The average Bonchev–Trinajstić information content (AvgIpc) is 2.78. The molecule has 1 unspecified atom stereocenters. The Bertz CT molecular complexity index is 688. The SMILES string of the molecule is CC(=O)c1ccc(F)cc1NC(=O)C1CC(=O)N(CC(F)(F)F)C1. The van der Waals surface area contributed by atoms with E-state index >= 15 is 0 Å². The Kier molecular flexibility index (Phi) is 4.91. The maximum atomic E-state index is 13.3. The number of rotatable bonds is 4. The molecule has 2 amide bonds. The van der Waals surface area contributed by atoms with Crippen molar-refractivity contribution >= 4 is 23.3 Å². The number of amides is 2. The van der Waals surface area contributed by atoms with Gasteiger partial charge in [-0.15, -0.1) is 0 Å². The van der Waals surface area contributed by atoms with E-state index in [1.807, 2.05) is 0 Å². The molecule has 0 saturated carbocycles. The first-order chi connectivity index (χ1) is 11.1. The first-order valence-electron chi connectivity index (χ1n) is 7.02. The first kappa shape index (κ1) is 17.9. The molecule has 1 saturated heterocycles. The van der Waals surface area contributed by atoms with E-state index in [1.54, 1.807) is 0 Å². The highest BCUT2D eigenvalue weighted by molar-refractivity contribution is 6.05. The second kappa shape index (κ2) is 6.58. The quantitative estimate of drug-likeness (QED) is 0.672. The zero-order valence-electron chi connectivity index (χ0n) is 12.6. The van der Waals surface area contributed by atoms with E-state index < -0.39 is 42.1 Å². The van der Waals surface area contributed by atoms with Gasteiger partial charge in [0.15, 0.2) is 5.78 Å². The van der Waals surface area contributed by atoms with Crippen molar-refractivity contribution in [2.45, 2.75) is 19.5 Å². The number of carbonyl (C=O) groups is 3. The van der Waals surface area contributed by atoms with Crippen LogP contribution in [0.4, 0.5) is 23.2 Å². The van der Waals surface area contributed by atoms with Crippen molar-refractivity contribution < 1.29 is 31.9 Å². The monoisotopic (exact) mass is 346 g/mol. The number of hydrogen-bond acceptors (Lipinski definition) is 3. The van der Waals surface area contributed by atoms with Crippen LogP contribution in [0.5, 0.6) is 0 Å². The smallest absolute Gasteiger partial charge is 0.333 e. The van der Waals surface area contributed by atoms with E-state index in [4.69, 9.17) is 0 Å². The second-order valence-electron chi connectivity index (χ2n) is 5.53. The normalized spacial score (nSPS) is 18.0. The third-order valence-electron chi connectivity index (χ3n) is 3.57. The summed E-state index contributed by atoms with van der Waals surface area (Å²) in [6.07, 6.45) is -4.92. The number of likely N-dealkylation sites (tertiary alicyclic amines) is 1. The Labute approximate surface area is 134 Å². The summed E-state index contributed by atoms with van der Waals surface area (Å²) >= 11 is 0. The molecular formula is C15H14F4N2O3. The number of hydrogen-bond donors (Lipinski definition) is 1. The summed E-state index contributed by atoms with van der Waals surface area (Å²) in [5.41, 5.74) is -0.00422. The number of nitrogens with zero attached hydrogens (tertiary/aromatic N) is 1. The van der Waals surface area contributed by atoms with Crippen molar-refractivity contribution in [2.24, 2.45) is 5.92 Å². The van der Waals surface area contributed by atoms with Gasteiger partial charge in [0.2, 0.25) is 11.8 Å². The van der Waals surface area contributed by atoms with Crippen LogP contribution in [0.25, 0.3) is 0 Å². The molecule has 0 aliphatic carbocycles. The van der Waals surface area contributed by atoms with Gasteiger partial charge in [0.05, 0.1) is 11.6 Å². The van der Waals surface area contributed by atoms with Crippen molar-refractivity contribution in [1.82, 2.24) is 4.90 Å².